The van der Waals surface area contributed by atoms with E-state index in [0.29, 0.717) is 6.42 Å². The fourth-order valence-electron chi connectivity index (χ4n) is 2.53. The number of fused-ring (bicyclic) bond motifs is 1. The van der Waals surface area contributed by atoms with Crippen LogP contribution < -0.4 is 0 Å². The van der Waals surface area contributed by atoms with Crippen molar-refractivity contribution in [3.05, 3.63) is 29.8 Å². The summed E-state index contributed by atoms with van der Waals surface area (Å²) in [6.45, 7) is 7.14. The zero-order chi connectivity index (χ0) is 25.1. The summed E-state index contributed by atoms with van der Waals surface area (Å²) < 4.78 is 49.4. The van der Waals surface area contributed by atoms with E-state index in [1.807, 2.05) is 19.1 Å². The summed E-state index contributed by atoms with van der Waals surface area (Å²) in [4.78, 5) is 27.1. The number of aryl methyl sites for hydroxylation is 1. The van der Waals surface area contributed by atoms with E-state index in [2.05, 4.69) is 10.1 Å². The van der Waals surface area contributed by atoms with Gasteiger partial charge in [-0.3, -0.25) is 13.6 Å². The quantitative estimate of drug-likeness (QED) is 0.169. The Labute approximate surface area is 197 Å². The molecule has 0 radical (unpaired) electrons. The molecule has 0 aliphatic rings. The number of carbonyl (C=O) groups is 2. The molecule has 0 bridgehead atoms. The van der Waals surface area contributed by atoms with Crippen molar-refractivity contribution < 1.29 is 46.9 Å². The SMILES string of the molecule is Cc1ncnn2c(CCOCP(=O)(OCOC(=O)OC(C)C)OCOC(=O)OC(C)C)ccc12. The van der Waals surface area contributed by atoms with E-state index in [1.54, 1.807) is 32.2 Å². The molecule has 0 saturated carbocycles. The summed E-state index contributed by atoms with van der Waals surface area (Å²) in [5.41, 5.74) is 2.56. The summed E-state index contributed by atoms with van der Waals surface area (Å²) in [7, 11) is -3.98. The number of hydrogen-bond donors (Lipinski definition) is 0. The van der Waals surface area contributed by atoms with Gasteiger partial charge in [-0.05, 0) is 46.8 Å². The third-order valence-corrected chi connectivity index (χ3v) is 5.49. The van der Waals surface area contributed by atoms with Gasteiger partial charge in [0, 0.05) is 12.1 Å². The molecule has 34 heavy (non-hydrogen) atoms. The lowest BCUT2D eigenvalue weighted by molar-refractivity contribution is -0.0343. The van der Waals surface area contributed by atoms with Crippen molar-refractivity contribution in [1.29, 1.82) is 0 Å². The average Bonchev–Trinajstić information content (AvgIpc) is 3.14. The van der Waals surface area contributed by atoms with Crippen LogP contribution in [0.15, 0.2) is 18.5 Å². The maximum atomic E-state index is 13.0. The van der Waals surface area contributed by atoms with Crippen LogP contribution in [0.4, 0.5) is 9.59 Å². The first kappa shape index (κ1) is 27.5. The predicted molar refractivity (Wildman–Crippen MR) is 117 cm³/mol. The Morgan fingerprint density at radius 3 is 2.15 bits per heavy atom. The lowest BCUT2D eigenvalue weighted by Crippen LogP contribution is -2.17. The molecule has 0 amide bonds. The molecular formula is C20H30N3O10P. The van der Waals surface area contributed by atoms with Crippen LogP contribution in [0, 0.1) is 6.92 Å². The minimum atomic E-state index is -3.98. The van der Waals surface area contributed by atoms with Gasteiger partial charge in [-0.2, -0.15) is 5.10 Å². The molecule has 0 N–H and O–H groups in total. The summed E-state index contributed by atoms with van der Waals surface area (Å²) in [6.07, 6.45) is -1.41. The van der Waals surface area contributed by atoms with Crippen molar-refractivity contribution in [1.82, 2.24) is 14.6 Å². The van der Waals surface area contributed by atoms with Crippen LogP contribution in [-0.4, -0.2) is 65.7 Å². The smallest absolute Gasteiger partial charge is 0.432 e. The van der Waals surface area contributed by atoms with Gasteiger partial charge < -0.3 is 23.7 Å². The van der Waals surface area contributed by atoms with Crippen LogP contribution in [0.2, 0.25) is 0 Å². The monoisotopic (exact) mass is 503 g/mol. The van der Waals surface area contributed by atoms with E-state index in [0.717, 1.165) is 16.9 Å². The van der Waals surface area contributed by atoms with Crippen LogP contribution in [0.25, 0.3) is 5.52 Å². The summed E-state index contributed by atoms with van der Waals surface area (Å²) in [6, 6.07) is 3.78. The van der Waals surface area contributed by atoms with Gasteiger partial charge in [0.1, 0.15) is 12.7 Å². The van der Waals surface area contributed by atoms with E-state index in [9.17, 15) is 14.2 Å². The third kappa shape index (κ3) is 9.26. The van der Waals surface area contributed by atoms with Gasteiger partial charge in [-0.25, -0.2) is 19.1 Å². The summed E-state index contributed by atoms with van der Waals surface area (Å²) in [5.74, 6) is 0. The van der Waals surface area contributed by atoms with Crippen molar-refractivity contribution in [2.45, 2.75) is 53.2 Å². The van der Waals surface area contributed by atoms with Crippen LogP contribution in [0.1, 0.15) is 39.1 Å². The molecule has 0 aliphatic carbocycles. The Morgan fingerprint density at radius 1 is 1.00 bits per heavy atom. The molecule has 0 spiro atoms. The Hall–Kier alpha value is -2.73. The fraction of sp³-hybridized carbons (Fsp3) is 0.600. The van der Waals surface area contributed by atoms with Gasteiger partial charge in [0.25, 0.3) is 0 Å². The Kier molecular flexibility index (Phi) is 10.7. The highest BCUT2D eigenvalue weighted by Crippen LogP contribution is 2.48. The molecule has 0 aromatic carbocycles. The molecule has 0 fully saturated rings. The van der Waals surface area contributed by atoms with Gasteiger partial charge in [0.2, 0.25) is 13.6 Å². The highest BCUT2D eigenvalue weighted by Gasteiger charge is 2.27. The summed E-state index contributed by atoms with van der Waals surface area (Å²) in [5, 5.41) is 4.21. The van der Waals surface area contributed by atoms with E-state index in [-0.39, 0.29) is 6.61 Å². The second kappa shape index (κ2) is 13.2. The standard InChI is InChI=1S/C20H30N3O10P/c1-14(2)32-19(24)28-11-30-34(26,31-12-29-20(25)33-15(3)4)13-27-9-8-17-6-7-18-16(5)21-10-22-23(17)18/h6-7,10,14-15H,8-9,11-13H2,1-5H3. The Morgan fingerprint density at radius 2 is 1.59 bits per heavy atom. The maximum absolute atomic E-state index is 13.0. The summed E-state index contributed by atoms with van der Waals surface area (Å²) >= 11 is 0. The first-order chi connectivity index (χ1) is 16.1. The van der Waals surface area contributed by atoms with Crippen LogP contribution in [0.5, 0.6) is 0 Å². The topological polar surface area (TPSA) is 146 Å². The van der Waals surface area contributed by atoms with Gasteiger partial charge >= 0.3 is 19.9 Å². The molecule has 2 rings (SSSR count). The van der Waals surface area contributed by atoms with Crippen molar-refractivity contribution in [3.8, 4) is 0 Å². The van der Waals surface area contributed by atoms with Crippen LogP contribution in [-0.2, 0) is 43.7 Å². The normalized spacial score (nSPS) is 11.7. The second-order valence-corrected chi connectivity index (χ2v) is 9.48. The Balaban J connectivity index is 1.88. The van der Waals surface area contributed by atoms with E-state index >= 15 is 0 Å². The van der Waals surface area contributed by atoms with Gasteiger partial charge in [-0.1, -0.05) is 0 Å². The molecule has 14 heteroatoms. The van der Waals surface area contributed by atoms with Crippen molar-refractivity contribution >= 4 is 25.4 Å². The molecule has 2 aromatic rings. The first-order valence-electron chi connectivity index (χ1n) is 10.5. The molecule has 0 unspecified atom stereocenters. The molecular weight excluding hydrogens is 473 g/mol. The molecule has 2 heterocycles. The Bertz CT molecular complexity index is 962. The highest BCUT2D eigenvalue weighted by atomic mass is 31.2. The van der Waals surface area contributed by atoms with Gasteiger partial charge in [0.05, 0.1) is 30.0 Å². The number of carbonyl (C=O) groups excluding carboxylic acids is 2. The zero-order valence-corrected chi connectivity index (χ0v) is 20.7. The largest absolute Gasteiger partial charge is 0.510 e. The van der Waals surface area contributed by atoms with Gasteiger partial charge in [-0.15, -0.1) is 0 Å². The predicted octanol–water partition coefficient (Wildman–Crippen LogP) is 3.82. The van der Waals surface area contributed by atoms with E-state index in [4.69, 9.17) is 32.7 Å². The number of ether oxygens (including phenoxy) is 5. The minimum absolute atomic E-state index is 0.151. The highest BCUT2D eigenvalue weighted by molar-refractivity contribution is 7.53. The third-order valence-electron chi connectivity index (χ3n) is 3.99. The molecule has 0 aliphatic heterocycles. The molecule has 2 aromatic heterocycles. The van der Waals surface area contributed by atoms with Crippen molar-refractivity contribution in [3.63, 3.8) is 0 Å². The van der Waals surface area contributed by atoms with E-state index < -0.39 is 52.0 Å². The second-order valence-electron chi connectivity index (χ2n) is 7.48. The van der Waals surface area contributed by atoms with Crippen LogP contribution in [0.3, 0.4) is 0 Å². The first-order valence-corrected chi connectivity index (χ1v) is 12.2. The van der Waals surface area contributed by atoms with Crippen molar-refractivity contribution in [2.75, 3.05) is 26.5 Å². The number of aromatic nitrogens is 3. The maximum Gasteiger partial charge on any atom is 0.510 e. The van der Waals surface area contributed by atoms with Crippen molar-refractivity contribution in [2.24, 2.45) is 0 Å². The number of hydrogen-bond acceptors (Lipinski definition) is 12. The molecule has 190 valence electrons. The van der Waals surface area contributed by atoms with E-state index in [1.165, 1.54) is 6.33 Å². The number of rotatable bonds is 13. The fourth-order valence-corrected chi connectivity index (χ4v) is 3.53. The number of nitrogens with zero attached hydrogens (tertiary/aromatic N) is 3. The zero-order valence-electron chi connectivity index (χ0n) is 19.8. The molecule has 0 saturated heterocycles. The lowest BCUT2D eigenvalue weighted by atomic mass is 10.3. The van der Waals surface area contributed by atoms with Crippen LogP contribution >= 0.6 is 7.60 Å². The average molecular weight is 503 g/mol. The lowest BCUT2D eigenvalue weighted by Gasteiger charge is -2.18. The molecule has 13 nitrogen and oxygen atoms in total. The molecule has 0 atom stereocenters. The van der Waals surface area contributed by atoms with Gasteiger partial charge in [0.15, 0.2) is 0 Å². The minimum Gasteiger partial charge on any atom is -0.432 e.